The monoisotopic (exact) mass is 249 g/mol. The summed E-state index contributed by atoms with van der Waals surface area (Å²) in [4.78, 5) is 21.9. The summed E-state index contributed by atoms with van der Waals surface area (Å²) in [5.74, 6) is -0.259. The molecule has 0 spiro atoms. The van der Waals surface area contributed by atoms with E-state index in [9.17, 15) is 9.59 Å². The first-order chi connectivity index (χ1) is 8.65. The molecule has 5 heteroatoms. The van der Waals surface area contributed by atoms with Gasteiger partial charge in [0.15, 0.2) is 0 Å². The van der Waals surface area contributed by atoms with E-state index in [1.165, 1.54) is 0 Å². The number of carbonyl (C=O) groups is 2. The van der Waals surface area contributed by atoms with Gasteiger partial charge in [-0.3, -0.25) is 4.79 Å². The molecule has 1 heterocycles. The molecule has 1 aromatic rings. The van der Waals surface area contributed by atoms with Crippen molar-refractivity contribution in [1.29, 1.82) is 0 Å². The predicted molar refractivity (Wildman–Crippen MR) is 64.2 cm³/mol. The highest BCUT2D eigenvalue weighted by Gasteiger charge is 2.32. The van der Waals surface area contributed by atoms with Crippen molar-refractivity contribution >= 4 is 12.1 Å². The third-order valence-electron chi connectivity index (χ3n) is 2.97. The van der Waals surface area contributed by atoms with Gasteiger partial charge < -0.3 is 15.2 Å². The third kappa shape index (κ3) is 3.23. The summed E-state index contributed by atoms with van der Waals surface area (Å²) in [7, 11) is 0. The lowest BCUT2D eigenvalue weighted by Gasteiger charge is -2.22. The number of ether oxygens (including phenoxy) is 1. The Hall–Kier alpha value is -2.04. The molecular formula is C13H15NO4. The largest absolute Gasteiger partial charge is 0.465 e. The number of amides is 1. The maximum Gasteiger partial charge on any atom is 0.405 e. The van der Waals surface area contributed by atoms with Crippen LogP contribution in [0.4, 0.5) is 4.79 Å². The van der Waals surface area contributed by atoms with Gasteiger partial charge in [0.05, 0.1) is 6.04 Å². The molecule has 1 amide bonds. The predicted octanol–water partition coefficient (Wildman–Crippen LogP) is 1.57. The van der Waals surface area contributed by atoms with Crippen molar-refractivity contribution in [1.82, 2.24) is 5.32 Å². The van der Waals surface area contributed by atoms with E-state index in [0.29, 0.717) is 19.3 Å². The molecule has 1 aliphatic rings. The standard InChI is InChI=1S/C13H15NO4/c15-12-7-6-11(18-12)10(14-13(16)17)8-9-4-2-1-3-5-9/h1-5,10-11,14H,6-8H2,(H,16,17)/t10-,11-/m0/s1. The summed E-state index contributed by atoms with van der Waals surface area (Å²) in [6.45, 7) is 0. The van der Waals surface area contributed by atoms with Crippen molar-refractivity contribution < 1.29 is 19.4 Å². The van der Waals surface area contributed by atoms with Gasteiger partial charge in [-0.15, -0.1) is 0 Å². The Balaban J connectivity index is 2.05. The lowest BCUT2D eigenvalue weighted by atomic mass is 9.99. The van der Waals surface area contributed by atoms with Gasteiger partial charge in [0.2, 0.25) is 0 Å². The minimum atomic E-state index is -1.10. The quantitative estimate of drug-likeness (QED) is 0.794. The van der Waals surface area contributed by atoms with Gasteiger partial charge in [0.1, 0.15) is 6.10 Å². The molecule has 0 aliphatic carbocycles. The molecule has 1 fully saturated rings. The Morgan fingerprint density at radius 2 is 2.17 bits per heavy atom. The second-order valence-corrected chi connectivity index (χ2v) is 4.31. The van der Waals surface area contributed by atoms with Crippen LogP contribution in [0.15, 0.2) is 30.3 Å². The van der Waals surface area contributed by atoms with Crippen molar-refractivity contribution in [2.45, 2.75) is 31.4 Å². The van der Waals surface area contributed by atoms with Crippen LogP contribution in [0.25, 0.3) is 0 Å². The van der Waals surface area contributed by atoms with Crippen molar-refractivity contribution in [3.63, 3.8) is 0 Å². The zero-order valence-corrected chi connectivity index (χ0v) is 9.83. The maximum atomic E-state index is 11.1. The number of rotatable bonds is 4. The average Bonchev–Trinajstić information content (AvgIpc) is 2.76. The smallest absolute Gasteiger partial charge is 0.405 e. The van der Waals surface area contributed by atoms with Crippen LogP contribution >= 0.6 is 0 Å². The molecule has 1 aromatic carbocycles. The first-order valence-corrected chi connectivity index (χ1v) is 5.88. The summed E-state index contributed by atoms with van der Waals surface area (Å²) in [5.41, 5.74) is 1.01. The maximum absolute atomic E-state index is 11.1. The van der Waals surface area contributed by atoms with Crippen LogP contribution in [0, 0.1) is 0 Å². The van der Waals surface area contributed by atoms with Crippen LogP contribution in [-0.4, -0.2) is 29.3 Å². The molecule has 1 aliphatic heterocycles. The van der Waals surface area contributed by atoms with E-state index in [4.69, 9.17) is 9.84 Å². The number of carbonyl (C=O) groups excluding carboxylic acids is 1. The summed E-state index contributed by atoms with van der Waals surface area (Å²) in [5, 5.41) is 11.3. The van der Waals surface area contributed by atoms with Gasteiger partial charge in [-0.2, -0.15) is 0 Å². The lowest BCUT2D eigenvalue weighted by molar-refractivity contribution is -0.142. The summed E-state index contributed by atoms with van der Waals surface area (Å²) < 4.78 is 5.13. The van der Waals surface area contributed by atoms with Gasteiger partial charge in [-0.05, 0) is 18.4 Å². The number of cyclic esters (lactones) is 1. The molecule has 1 saturated heterocycles. The lowest BCUT2D eigenvalue weighted by Crippen LogP contribution is -2.44. The fraction of sp³-hybridized carbons (Fsp3) is 0.385. The molecule has 2 rings (SSSR count). The van der Waals surface area contributed by atoms with Gasteiger partial charge in [0.25, 0.3) is 0 Å². The van der Waals surface area contributed by atoms with E-state index in [0.717, 1.165) is 5.56 Å². The topological polar surface area (TPSA) is 75.6 Å². The van der Waals surface area contributed by atoms with Gasteiger partial charge in [-0.25, -0.2) is 4.79 Å². The molecule has 0 radical (unpaired) electrons. The minimum absolute atomic E-state index is 0.259. The van der Waals surface area contributed by atoms with Crippen LogP contribution in [0.1, 0.15) is 18.4 Å². The van der Waals surface area contributed by atoms with E-state index in [-0.39, 0.29) is 12.1 Å². The Bertz CT molecular complexity index is 432. The average molecular weight is 249 g/mol. The van der Waals surface area contributed by atoms with Crippen LogP contribution in [0.2, 0.25) is 0 Å². The minimum Gasteiger partial charge on any atom is -0.465 e. The first-order valence-electron chi connectivity index (χ1n) is 5.88. The van der Waals surface area contributed by atoms with Crippen molar-refractivity contribution in [3.8, 4) is 0 Å². The van der Waals surface area contributed by atoms with Crippen LogP contribution in [0.3, 0.4) is 0 Å². The number of carboxylic acid groups (broad SMARTS) is 1. The summed E-state index contributed by atoms with van der Waals surface area (Å²) in [6, 6.07) is 9.15. The SMILES string of the molecule is O=C(O)N[C@@H](Cc1ccccc1)[C@@H]1CCC(=O)O1. The Morgan fingerprint density at radius 3 is 2.72 bits per heavy atom. The Morgan fingerprint density at radius 1 is 1.44 bits per heavy atom. The van der Waals surface area contributed by atoms with Crippen molar-refractivity contribution in [2.24, 2.45) is 0 Å². The van der Waals surface area contributed by atoms with Crippen LogP contribution < -0.4 is 5.32 Å². The molecule has 2 N–H and O–H groups in total. The normalized spacial score (nSPS) is 20.2. The second-order valence-electron chi connectivity index (χ2n) is 4.31. The van der Waals surface area contributed by atoms with Gasteiger partial charge >= 0.3 is 12.1 Å². The number of hydrogen-bond donors (Lipinski definition) is 2. The van der Waals surface area contributed by atoms with Gasteiger partial charge in [0, 0.05) is 6.42 Å². The highest BCUT2D eigenvalue weighted by Crippen LogP contribution is 2.19. The van der Waals surface area contributed by atoms with Crippen LogP contribution in [-0.2, 0) is 16.0 Å². The molecule has 0 bridgehead atoms. The zero-order valence-electron chi connectivity index (χ0n) is 9.83. The first kappa shape index (κ1) is 12.4. The molecular weight excluding hydrogens is 234 g/mol. The highest BCUT2D eigenvalue weighted by molar-refractivity contribution is 5.72. The Kier molecular flexibility index (Phi) is 3.82. The highest BCUT2D eigenvalue weighted by atomic mass is 16.6. The van der Waals surface area contributed by atoms with E-state index in [2.05, 4.69) is 5.32 Å². The van der Waals surface area contributed by atoms with Crippen molar-refractivity contribution in [3.05, 3.63) is 35.9 Å². The fourth-order valence-electron chi connectivity index (χ4n) is 2.13. The molecule has 5 nitrogen and oxygen atoms in total. The second kappa shape index (κ2) is 5.53. The number of esters is 1. The van der Waals surface area contributed by atoms with E-state index < -0.39 is 12.1 Å². The van der Waals surface area contributed by atoms with E-state index in [1.807, 2.05) is 30.3 Å². The number of benzene rings is 1. The molecule has 0 unspecified atom stereocenters. The van der Waals surface area contributed by atoms with E-state index in [1.54, 1.807) is 0 Å². The summed E-state index contributed by atoms with van der Waals surface area (Å²) in [6.07, 6.45) is -0.0217. The molecule has 2 atom stereocenters. The molecule has 96 valence electrons. The molecule has 0 aromatic heterocycles. The summed E-state index contributed by atoms with van der Waals surface area (Å²) >= 11 is 0. The zero-order chi connectivity index (χ0) is 13.0. The molecule has 0 saturated carbocycles. The van der Waals surface area contributed by atoms with Crippen LogP contribution in [0.5, 0.6) is 0 Å². The number of nitrogens with one attached hydrogen (secondary N) is 1. The van der Waals surface area contributed by atoms with E-state index >= 15 is 0 Å². The van der Waals surface area contributed by atoms with Crippen molar-refractivity contribution in [2.75, 3.05) is 0 Å². The van der Waals surface area contributed by atoms with Gasteiger partial charge in [-0.1, -0.05) is 30.3 Å². The number of hydrogen-bond acceptors (Lipinski definition) is 3. The fourth-order valence-corrected chi connectivity index (χ4v) is 2.13. The Labute approximate surface area is 105 Å². The third-order valence-corrected chi connectivity index (χ3v) is 2.97. The molecule has 18 heavy (non-hydrogen) atoms.